The molecule has 31 heavy (non-hydrogen) atoms. The number of rotatable bonds is 7. The first-order valence-corrected chi connectivity index (χ1v) is 9.49. The lowest BCUT2D eigenvalue weighted by Gasteiger charge is -2.09. The maximum atomic E-state index is 14.2. The first kappa shape index (κ1) is 20.3. The first-order chi connectivity index (χ1) is 15.2. The van der Waals surface area contributed by atoms with Crippen molar-refractivity contribution in [1.29, 1.82) is 0 Å². The van der Waals surface area contributed by atoms with Crippen LogP contribution in [0.15, 0.2) is 67.1 Å². The van der Waals surface area contributed by atoms with Crippen LogP contribution < -0.4 is 5.32 Å². The molecule has 0 saturated heterocycles. The van der Waals surface area contributed by atoms with E-state index in [1.54, 1.807) is 30.5 Å². The Balaban J connectivity index is 1.64. The van der Waals surface area contributed by atoms with Crippen LogP contribution in [-0.2, 0) is 17.9 Å². The second kappa shape index (κ2) is 9.23. The van der Waals surface area contributed by atoms with E-state index in [9.17, 15) is 9.18 Å². The molecule has 8 nitrogen and oxygen atoms in total. The third-order valence-corrected chi connectivity index (χ3v) is 4.53. The number of halogens is 1. The van der Waals surface area contributed by atoms with Crippen molar-refractivity contribution < 1.29 is 13.9 Å². The molecule has 0 aliphatic carbocycles. The molecule has 4 rings (SSSR count). The van der Waals surface area contributed by atoms with Crippen molar-refractivity contribution in [1.82, 2.24) is 30.0 Å². The summed E-state index contributed by atoms with van der Waals surface area (Å²) >= 11 is 0. The van der Waals surface area contributed by atoms with Gasteiger partial charge in [-0.15, -0.1) is 0 Å². The van der Waals surface area contributed by atoms with E-state index >= 15 is 0 Å². The molecule has 9 heteroatoms. The molecule has 0 saturated carbocycles. The molecular formula is C22H19FN6O2. The van der Waals surface area contributed by atoms with Crippen LogP contribution in [0.3, 0.4) is 0 Å². The van der Waals surface area contributed by atoms with Crippen molar-refractivity contribution in [2.75, 3.05) is 7.11 Å². The highest BCUT2D eigenvalue weighted by molar-refractivity contribution is 5.95. The van der Waals surface area contributed by atoms with Gasteiger partial charge in [0, 0.05) is 25.1 Å². The number of amides is 1. The second-order valence-electron chi connectivity index (χ2n) is 6.58. The topological polar surface area (TPSA) is 94.8 Å². The molecule has 0 aliphatic rings. The molecule has 156 valence electrons. The van der Waals surface area contributed by atoms with Crippen molar-refractivity contribution in [2.45, 2.75) is 13.2 Å². The Morgan fingerprint density at radius 3 is 2.71 bits per heavy atom. The molecule has 0 aliphatic heterocycles. The van der Waals surface area contributed by atoms with Crippen LogP contribution in [0.5, 0.6) is 0 Å². The number of ether oxygens (including phenoxy) is 1. The minimum atomic E-state index is -0.390. The number of pyridine rings is 1. The molecule has 0 fully saturated rings. The second-order valence-corrected chi connectivity index (χ2v) is 6.58. The van der Waals surface area contributed by atoms with E-state index in [2.05, 4.69) is 25.4 Å². The van der Waals surface area contributed by atoms with Gasteiger partial charge in [0.15, 0.2) is 0 Å². The number of hydrogen-bond donors (Lipinski definition) is 1. The van der Waals surface area contributed by atoms with Gasteiger partial charge in [0.25, 0.3) is 11.9 Å². The van der Waals surface area contributed by atoms with Crippen molar-refractivity contribution in [3.05, 3.63) is 89.9 Å². The summed E-state index contributed by atoms with van der Waals surface area (Å²) in [6.07, 6.45) is 4.61. The average Bonchev–Trinajstić information content (AvgIpc) is 3.22. The van der Waals surface area contributed by atoms with Gasteiger partial charge >= 0.3 is 0 Å². The van der Waals surface area contributed by atoms with Gasteiger partial charge in [0.2, 0.25) is 0 Å². The molecular weight excluding hydrogens is 399 g/mol. The molecule has 4 aromatic rings. The molecule has 3 aromatic heterocycles. The first-order valence-electron chi connectivity index (χ1n) is 9.49. The molecule has 1 aromatic carbocycles. The van der Waals surface area contributed by atoms with Crippen LogP contribution in [0.2, 0.25) is 0 Å². The summed E-state index contributed by atoms with van der Waals surface area (Å²) in [5.41, 5.74) is 2.30. The Bertz CT molecular complexity index is 1200. The standard InChI is InChI=1S/C22H19FN6O2/c1-31-14-20-17(21(30)26-12-15-6-4-5-10-24-15)13-27-29(20)22-25-11-9-19(28-22)16-7-2-3-8-18(16)23/h2-11,13H,12,14H2,1H3,(H,26,30). The van der Waals surface area contributed by atoms with Crippen molar-refractivity contribution in [2.24, 2.45) is 0 Å². The Hall–Kier alpha value is -3.98. The fourth-order valence-electron chi connectivity index (χ4n) is 3.05. The van der Waals surface area contributed by atoms with Gasteiger partial charge < -0.3 is 10.1 Å². The van der Waals surface area contributed by atoms with Gasteiger partial charge in [0.05, 0.1) is 42.0 Å². The lowest BCUT2D eigenvalue weighted by atomic mass is 10.1. The predicted octanol–water partition coefficient (Wildman–Crippen LogP) is 2.94. The van der Waals surface area contributed by atoms with E-state index in [4.69, 9.17) is 4.74 Å². The molecule has 0 unspecified atom stereocenters. The molecule has 3 heterocycles. The molecule has 1 N–H and O–H groups in total. The SMILES string of the molecule is COCc1c(C(=O)NCc2ccccn2)cnn1-c1nccc(-c2ccccc2F)n1. The van der Waals surface area contributed by atoms with Crippen molar-refractivity contribution in [3.8, 4) is 17.2 Å². The number of benzene rings is 1. The lowest BCUT2D eigenvalue weighted by Crippen LogP contribution is -2.24. The lowest BCUT2D eigenvalue weighted by molar-refractivity contribution is 0.0945. The Morgan fingerprint density at radius 1 is 1.10 bits per heavy atom. The van der Waals surface area contributed by atoms with Gasteiger partial charge in [-0.25, -0.2) is 14.4 Å². The van der Waals surface area contributed by atoms with Crippen LogP contribution in [0.25, 0.3) is 17.2 Å². The maximum Gasteiger partial charge on any atom is 0.255 e. The van der Waals surface area contributed by atoms with E-state index in [1.807, 2.05) is 18.2 Å². The fourth-order valence-corrected chi connectivity index (χ4v) is 3.05. The summed E-state index contributed by atoms with van der Waals surface area (Å²) < 4.78 is 20.9. The zero-order chi connectivity index (χ0) is 21.6. The summed E-state index contributed by atoms with van der Waals surface area (Å²) in [4.78, 5) is 25.6. The highest BCUT2D eigenvalue weighted by Gasteiger charge is 2.20. The number of nitrogens with one attached hydrogen (secondary N) is 1. The zero-order valence-electron chi connectivity index (χ0n) is 16.7. The highest BCUT2D eigenvalue weighted by Crippen LogP contribution is 2.21. The minimum absolute atomic E-state index is 0.111. The van der Waals surface area contributed by atoms with Gasteiger partial charge in [-0.1, -0.05) is 18.2 Å². The molecule has 0 bridgehead atoms. The van der Waals surface area contributed by atoms with Gasteiger partial charge in [-0.2, -0.15) is 9.78 Å². The van der Waals surface area contributed by atoms with Crippen LogP contribution in [0, 0.1) is 5.82 Å². The quantitative estimate of drug-likeness (QED) is 0.496. The molecule has 0 spiro atoms. The smallest absolute Gasteiger partial charge is 0.255 e. The number of nitrogens with zero attached hydrogens (tertiary/aromatic N) is 5. The van der Waals surface area contributed by atoms with Crippen LogP contribution in [0.4, 0.5) is 4.39 Å². The largest absolute Gasteiger partial charge is 0.378 e. The Labute approximate surface area is 177 Å². The van der Waals surface area contributed by atoms with E-state index in [0.29, 0.717) is 22.5 Å². The number of methoxy groups -OCH3 is 1. The monoisotopic (exact) mass is 418 g/mol. The van der Waals surface area contributed by atoms with E-state index in [-0.39, 0.29) is 30.8 Å². The molecule has 1 amide bonds. The summed E-state index contributed by atoms with van der Waals surface area (Å²) in [5.74, 6) is -0.509. The summed E-state index contributed by atoms with van der Waals surface area (Å²) in [6, 6.07) is 13.4. The van der Waals surface area contributed by atoms with Crippen LogP contribution in [0.1, 0.15) is 21.7 Å². The van der Waals surface area contributed by atoms with E-state index in [0.717, 1.165) is 5.69 Å². The fraction of sp³-hybridized carbons (Fsp3) is 0.136. The molecule has 0 radical (unpaired) electrons. The molecule has 0 atom stereocenters. The zero-order valence-corrected chi connectivity index (χ0v) is 16.7. The van der Waals surface area contributed by atoms with Gasteiger partial charge in [-0.05, 0) is 30.3 Å². The Kier molecular flexibility index (Phi) is 6.04. The summed E-state index contributed by atoms with van der Waals surface area (Å²) in [7, 11) is 1.52. The third-order valence-electron chi connectivity index (χ3n) is 4.53. The number of aromatic nitrogens is 5. The average molecular weight is 418 g/mol. The normalized spacial score (nSPS) is 10.8. The van der Waals surface area contributed by atoms with E-state index in [1.165, 1.54) is 30.3 Å². The Morgan fingerprint density at radius 2 is 1.94 bits per heavy atom. The predicted molar refractivity (Wildman–Crippen MR) is 111 cm³/mol. The number of carbonyl (C=O) groups excluding carboxylic acids is 1. The summed E-state index contributed by atoms with van der Waals surface area (Å²) in [5, 5.41) is 7.10. The highest BCUT2D eigenvalue weighted by atomic mass is 19.1. The maximum absolute atomic E-state index is 14.2. The van der Waals surface area contributed by atoms with Crippen LogP contribution >= 0.6 is 0 Å². The van der Waals surface area contributed by atoms with Gasteiger partial charge in [0.1, 0.15) is 5.82 Å². The van der Waals surface area contributed by atoms with Crippen LogP contribution in [-0.4, -0.2) is 37.7 Å². The number of carbonyl (C=O) groups is 1. The third kappa shape index (κ3) is 4.46. The summed E-state index contributed by atoms with van der Waals surface area (Å²) in [6.45, 7) is 0.385. The van der Waals surface area contributed by atoms with Crippen molar-refractivity contribution in [3.63, 3.8) is 0 Å². The minimum Gasteiger partial charge on any atom is -0.378 e. The van der Waals surface area contributed by atoms with Crippen molar-refractivity contribution >= 4 is 5.91 Å². The van der Waals surface area contributed by atoms with E-state index < -0.39 is 0 Å². The number of hydrogen-bond acceptors (Lipinski definition) is 6. The van der Waals surface area contributed by atoms with Gasteiger partial charge in [-0.3, -0.25) is 9.78 Å².